The summed E-state index contributed by atoms with van der Waals surface area (Å²) in [5.74, 6) is 6.57. The second-order valence-electron chi connectivity index (χ2n) is 4.74. The predicted octanol–water partition coefficient (Wildman–Crippen LogP) is 3.40. The first-order valence-corrected chi connectivity index (χ1v) is 6.87. The molecule has 106 valence electrons. The first kappa shape index (κ1) is 14.9. The topological polar surface area (TPSA) is 47.3 Å². The SMILES string of the molecule is COc1ccccc1CC(NN)c1ccc(C)c(Cl)c1. The summed E-state index contributed by atoms with van der Waals surface area (Å²) in [6, 6.07) is 13.9. The van der Waals surface area contributed by atoms with Crippen molar-refractivity contribution in [2.45, 2.75) is 19.4 Å². The normalized spacial score (nSPS) is 12.2. The number of rotatable bonds is 5. The van der Waals surface area contributed by atoms with E-state index in [2.05, 4.69) is 5.43 Å². The van der Waals surface area contributed by atoms with Gasteiger partial charge in [-0.1, -0.05) is 41.9 Å². The van der Waals surface area contributed by atoms with Crippen molar-refractivity contribution in [2.75, 3.05) is 7.11 Å². The molecule has 2 aromatic carbocycles. The molecule has 0 spiro atoms. The van der Waals surface area contributed by atoms with E-state index in [1.807, 2.05) is 49.4 Å². The predicted molar refractivity (Wildman–Crippen MR) is 83.0 cm³/mol. The molecule has 4 heteroatoms. The quantitative estimate of drug-likeness (QED) is 0.655. The van der Waals surface area contributed by atoms with Gasteiger partial charge in [0.05, 0.1) is 13.2 Å². The third kappa shape index (κ3) is 3.31. The van der Waals surface area contributed by atoms with Crippen molar-refractivity contribution < 1.29 is 4.74 Å². The van der Waals surface area contributed by atoms with E-state index in [0.29, 0.717) is 0 Å². The number of hydrogen-bond donors (Lipinski definition) is 2. The van der Waals surface area contributed by atoms with E-state index in [0.717, 1.165) is 33.9 Å². The maximum atomic E-state index is 6.18. The largest absolute Gasteiger partial charge is 0.496 e. The second kappa shape index (κ2) is 6.75. The number of nitrogens with one attached hydrogen (secondary N) is 1. The van der Waals surface area contributed by atoms with Crippen LogP contribution in [0.1, 0.15) is 22.7 Å². The van der Waals surface area contributed by atoms with Gasteiger partial charge in [0.15, 0.2) is 0 Å². The molecule has 0 aromatic heterocycles. The van der Waals surface area contributed by atoms with E-state index < -0.39 is 0 Å². The fourth-order valence-corrected chi connectivity index (χ4v) is 2.38. The molecule has 0 fully saturated rings. The highest BCUT2D eigenvalue weighted by Crippen LogP contribution is 2.27. The van der Waals surface area contributed by atoms with Gasteiger partial charge in [-0.25, -0.2) is 0 Å². The number of methoxy groups -OCH3 is 1. The summed E-state index contributed by atoms with van der Waals surface area (Å²) >= 11 is 6.18. The Balaban J connectivity index is 2.26. The highest BCUT2D eigenvalue weighted by atomic mass is 35.5. The third-order valence-electron chi connectivity index (χ3n) is 3.42. The molecule has 2 rings (SSSR count). The zero-order valence-corrected chi connectivity index (χ0v) is 12.4. The lowest BCUT2D eigenvalue weighted by molar-refractivity contribution is 0.405. The molecule has 0 aliphatic heterocycles. The maximum Gasteiger partial charge on any atom is 0.122 e. The summed E-state index contributed by atoms with van der Waals surface area (Å²) < 4.78 is 5.37. The van der Waals surface area contributed by atoms with Crippen LogP contribution in [0.25, 0.3) is 0 Å². The van der Waals surface area contributed by atoms with Crippen molar-refractivity contribution in [3.05, 3.63) is 64.2 Å². The minimum Gasteiger partial charge on any atom is -0.496 e. The molecule has 2 aromatic rings. The number of halogens is 1. The van der Waals surface area contributed by atoms with E-state index >= 15 is 0 Å². The third-order valence-corrected chi connectivity index (χ3v) is 3.82. The summed E-state index contributed by atoms with van der Waals surface area (Å²) in [5.41, 5.74) is 6.08. The van der Waals surface area contributed by atoms with Gasteiger partial charge in [-0.3, -0.25) is 11.3 Å². The molecular formula is C16H19ClN2O. The highest BCUT2D eigenvalue weighted by Gasteiger charge is 2.14. The van der Waals surface area contributed by atoms with Gasteiger partial charge >= 0.3 is 0 Å². The van der Waals surface area contributed by atoms with Crippen LogP contribution in [0.4, 0.5) is 0 Å². The van der Waals surface area contributed by atoms with Crippen molar-refractivity contribution in [2.24, 2.45) is 5.84 Å². The molecular weight excluding hydrogens is 272 g/mol. The van der Waals surface area contributed by atoms with Crippen LogP contribution in [0, 0.1) is 6.92 Å². The van der Waals surface area contributed by atoms with Gasteiger partial charge in [0, 0.05) is 5.02 Å². The number of nitrogens with two attached hydrogens (primary N) is 1. The summed E-state index contributed by atoms with van der Waals surface area (Å²) in [5, 5.41) is 0.753. The van der Waals surface area contributed by atoms with Crippen LogP contribution in [-0.4, -0.2) is 7.11 Å². The smallest absolute Gasteiger partial charge is 0.122 e. The van der Waals surface area contributed by atoms with Crippen molar-refractivity contribution in [3.63, 3.8) is 0 Å². The van der Waals surface area contributed by atoms with E-state index in [9.17, 15) is 0 Å². The number of ether oxygens (including phenoxy) is 1. The van der Waals surface area contributed by atoms with E-state index in [4.69, 9.17) is 22.2 Å². The molecule has 0 aliphatic rings. The van der Waals surface area contributed by atoms with Gasteiger partial charge in [-0.05, 0) is 42.2 Å². The number of benzene rings is 2. The van der Waals surface area contributed by atoms with Crippen molar-refractivity contribution in [1.82, 2.24) is 5.43 Å². The monoisotopic (exact) mass is 290 g/mol. The van der Waals surface area contributed by atoms with Gasteiger partial charge < -0.3 is 4.74 Å². The Hall–Kier alpha value is -1.55. The Morgan fingerprint density at radius 2 is 2.00 bits per heavy atom. The van der Waals surface area contributed by atoms with E-state index in [-0.39, 0.29) is 6.04 Å². The molecule has 0 saturated heterocycles. The summed E-state index contributed by atoms with van der Waals surface area (Å²) in [6.45, 7) is 1.98. The fraction of sp³-hybridized carbons (Fsp3) is 0.250. The molecule has 0 radical (unpaired) electrons. The van der Waals surface area contributed by atoms with Crippen LogP contribution in [0.15, 0.2) is 42.5 Å². The van der Waals surface area contributed by atoms with Crippen LogP contribution in [0.5, 0.6) is 5.75 Å². The van der Waals surface area contributed by atoms with Gasteiger partial charge in [0.25, 0.3) is 0 Å². The summed E-state index contributed by atoms with van der Waals surface area (Å²) in [6.07, 6.45) is 0.736. The fourth-order valence-electron chi connectivity index (χ4n) is 2.19. The lowest BCUT2D eigenvalue weighted by Gasteiger charge is -2.18. The Labute approximate surface area is 124 Å². The second-order valence-corrected chi connectivity index (χ2v) is 5.15. The summed E-state index contributed by atoms with van der Waals surface area (Å²) in [7, 11) is 1.67. The number of hydrazine groups is 1. The lowest BCUT2D eigenvalue weighted by Crippen LogP contribution is -2.29. The molecule has 0 saturated carbocycles. The maximum absolute atomic E-state index is 6.18. The van der Waals surface area contributed by atoms with Crippen LogP contribution in [0.3, 0.4) is 0 Å². The minimum atomic E-state index is -0.00981. The standard InChI is InChI=1S/C16H19ClN2O/c1-11-7-8-12(9-14(11)17)15(19-18)10-13-5-3-4-6-16(13)20-2/h3-9,15,19H,10,18H2,1-2H3. The summed E-state index contributed by atoms with van der Waals surface area (Å²) in [4.78, 5) is 0. The molecule has 1 atom stereocenters. The van der Waals surface area contributed by atoms with E-state index in [1.54, 1.807) is 7.11 Å². The van der Waals surface area contributed by atoms with Gasteiger partial charge in [0.2, 0.25) is 0 Å². The molecule has 0 heterocycles. The zero-order valence-electron chi connectivity index (χ0n) is 11.7. The molecule has 0 bridgehead atoms. The molecule has 3 N–H and O–H groups in total. The molecule has 20 heavy (non-hydrogen) atoms. The zero-order chi connectivity index (χ0) is 14.5. The van der Waals surface area contributed by atoms with Crippen molar-refractivity contribution in [1.29, 1.82) is 0 Å². The van der Waals surface area contributed by atoms with Crippen LogP contribution in [-0.2, 0) is 6.42 Å². The van der Waals surface area contributed by atoms with Crippen molar-refractivity contribution >= 4 is 11.6 Å². The van der Waals surface area contributed by atoms with Crippen LogP contribution < -0.4 is 16.0 Å². The molecule has 0 amide bonds. The highest BCUT2D eigenvalue weighted by molar-refractivity contribution is 6.31. The van der Waals surface area contributed by atoms with Gasteiger partial charge in [0.1, 0.15) is 5.75 Å². The Kier molecular flexibility index (Phi) is 5.01. The first-order valence-electron chi connectivity index (χ1n) is 6.49. The van der Waals surface area contributed by atoms with E-state index in [1.165, 1.54) is 0 Å². The molecule has 1 unspecified atom stereocenters. The lowest BCUT2D eigenvalue weighted by atomic mass is 9.98. The minimum absolute atomic E-state index is 0.00981. The van der Waals surface area contributed by atoms with Crippen LogP contribution >= 0.6 is 11.6 Å². The Morgan fingerprint density at radius 1 is 1.25 bits per heavy atom. The molecule has 3 nitrogen and oxygen atoms in total. The molecule has 0 aliphatic carbocycles. The first-order chi connectivity index (χ1) is 9.65. The van der Waals surface area contributed by atoms with Crippen LogP contribution in [0.2, 0.25) is 5.02 Å². The average molecular weight is 291 g/mol. The number of hydrogen-bond acceptors (Lipinski definition) is 3. The average Bonchev–Trinajstić information content (AvgIpc) is 2.48. The van der Waals surface area contributed by atoms with Crippen molar-refractivity contribution in [3.8, 4) is 5.75 Å². The van der Waals surface area contributed by atoms with Gasteiger partial charge in [-0.15, -0.1) is 0 Å². The Morgan fingerprint density at radius 3 is 2.65 bits per heavy atom. The number of para-hydroxylation sites is 1. The van der Waals surface area contributed by atoms with Gasteiger partial charge in [-0.2, -0.15) is 0 Å². The number of aryl methyl sites for hydroxylation is 1. The Bertz CT molecular complexity index is 586.